The average Bonchev–Trinajstić information content (AvgIpc) is 3.35. The van der Waals surface area contributed by atoms with Gasteiger partial charge in [-0.1, -0.05) is 78.7 Å². The number of hydrogen-bond donors (Lipinski definition) is 2. The molecule has 6 unspecified atom stereocenters. The van der Waals surface area contributed by atoms with Gasteiger partial charge in [0.05, 0.1) is 36.8 Å². The summed E-state index contributed by atoms with van der Waals surface area (Å²) in [4.78, 5) is 33.5. The number of allylic oxidation sites excluding steroid dienone is 1. The van der Waals surface area contributed by atoms with E-state index in [2.05, 4.69) is 32.6 Å². The lowest BCUT2D eigenvalue weighted by atomic mass is 9.55. The zero-order valence-corrected chi connectivity index (χ0v) is 39.1. The number of fused-ring (bicyclic) bond motifs is 3. The maximum Gasteiger partial charge on any atom is 0.410 e. The molecule has 1 heterocycles. The highest BCUT2D eigenvalue weighted by Gasteiger charge is 2.65. The summed E-state index contributed by atoms with van der Waals surface area (Å²) < 4.78 is 26.8. The van der Waals surface area contributed by atoms with Crippen LogP contribution in [0.2, 0.25) is 0 Å². The molecule has 5 aromatic rings. The number of aryl methyl sites for hydroxylation is 2. The quantitative estimate of drug-likeness (QED) is 0.0332. The molecule has 13 heteroatoms. The highest BCUT2D eigenvalue weighted by molar-refractivity contribution is 6.03. The summed E-state index contributed by atoms with van der Waals surface area (Å²) in [6.07, 6.45) is 7.89. The highest BCUT2D eigenvalue weighted by Crippen LogP contribution is 2.62. The Morgan fingerprint density at radius 1 is 0.926 bits per heavy atom. The normalized spacial score (nSPS) is 22.0. The van der Waals surface area contributed by atoms with Crippen molar-refractivity contribution in [3.63, 3.8) is 0 Å². The number of amides is 1. The Bertz CT molecular complexity index is 2660. The van der Waals surface area contributed by atoms with Gasteiger partial charge in [0, 0.05) is 43.2 Å². The van der Waals surface area contributed by atoms with Crippen molar-refractivity contribution in [3.8, 4) is 17.2 Å². The highest BCUT2D eigenvalue weighted by atomic mass is 16.7. The molecule has 6 atom stereocenters. The van der Waals surface area contributed by atoms with Gasteiger partial charge in [-0.2, -0.15) is 0 Å². The Kier molecular flexibility index (Phi) is 15.2. The third kappa shape index (κ3) is 10.0. The molecule has 356 valence electrons. The predicted molar refractivity (Wildman–Crippen MR) is 261 cm³/mol. The van der Waals surface area contributed by atoms with Gasteiger partial charge in [0.2, 0.25) is 5.79 Å². The maximum atomic E-state index is 14.6. The summed E-state index contributed by atoms with van der Waals surface area (Å²) >= 11 is 0. The summed E-state index contributed by atoms with van der Waals surface area (Å²) in [6.45, 7) is 8.59. The van der Waals surface area contributed by atoms with E-state index < -0.39 is 28.8 Å². The number of ether oxygens (including phenoxy) is 4. The first-order chi connectivity index (χ1) is 33.1. The van der Waals surface area contributed by atoms with E-state index in [1.807, 2.05) is 72.8 Å². The van der Waals surface area contributed by atoms with Crippen LogP contribution in [0.4, 0.5) is 10.5 Å². The van der Waals surface area contributed by atoms with Crippen LogP contribution in [0.3, 0.4) is 0 Å². The molecule has 3 aliphatic rings. The smallest absolute Gasteiger partial charge is 0.410 e. The van der Waals surface area contributed by atoms with Crippen LogP contribution >= 0.6 is 0 Å². The number of carbonyl (C=O) groups is 1. The molecule has 8 rings (SSSR count). The molecule has 13 nitrogen and oxygen atoms in total. The van der Waals surface area contributed by atoms with Gasteiger partial charge in [-0.25, -0.2) is 4.79 Å². The number of unbranched alkanes of at least 4 members (excludes halogenated alkanes) is 2. The minimum absolute atomic E-state index is 0.00712. The number of rotatable bonds is 20. The van der Waals surface area contributed by atoms with Gasteiger partial charge < -0.3 is 34.0 Å². The van der Waals surface area contributed by atoms with E-state index in [0.29, 0.717) is 41.4 Å². The van der Waals surface area contributed by atoms with Gasteiger partial charge >= 0.3 is 6.09 Å². The number of aliphatic hydroxyl groups excluding tert-OH is 2. The molecule has 0 aromatic heterocycles. The molecule has 1 saturated carbocycles. The third-order valence-electron chi connectivity index (χ3n) is 13.9. The van der Waals surface area contributed by atoms with Crippen molar-refractivity contribution in [3.05, 3.63) is 165 Å². The van der Waals surface area contributed by atoms with E-state index in [1.165, 1.54) is 19.2 Å². The Morgan fingerprint density at radius 2 is 1.66 bits per heavy atom. The molecule has 0 spiro atoms. The second-order valence-electron chi connectivity index (χ2n) is 18.1. The Balaban J connectivity index is 1.34. The number of non-ortho nitro benzene ring substituents is 1. The number of hydrogen-bond acceptors (Lipinski definition) is 11. The fourth-order valence-electron chi connectivity index (χ4n) is 10.6. The molecule has 2 N–H and O–H groups in total. The second-order valence-corrected chi connectivity index (χ2v) is 18.1. The van der Waals surface area contributed by atoms with E-state index in [9.17, 15) is 25.1 Å². The van der Waals surface area contributed by atoms with Gasteiger partial charge in [-0.15, -0.1) is 6.58 Å². The van der Waals surface area contributed by atoms with Crippen molar-refractivity contribution in [1.29, 1.82) is 0 Å². The average molecular weight is 924 g/mol. The van der Waals surface area contributed by atoms with Crippen LogP contribution in [0.15, 0.2) is 133 Å². The van der Waals surface area contributed by atoms with E-state index in [-0.39, 0.29) is 62.8 Å². The first-order valence-corrected chi connectivity index (χ1v) is 23.6. The molecule has 2 aliphatic carbocycles. The van der Waals surface area contributed by atoms with Crippen molar-refractivity contribution >= 4 is 28.3 Å². The summed E-state index contributed by atoms with van der Waals surface area (Å²) in [6, 6.07) is 31.3. The Labute approximate surface area is 397 Å². The maximum absolute atomic E-state index is 14.6. The number of nitro benzene ring substituents is 1. The first kappa shape index (κ1) is 47.9. The van der Waals surface area contributed by atoms with E-state index in [4.69, 9.17) is 28.9 Å². The Morgan fingerprint density at radius 3 is 2.40 bits per heavy atom. The molecule has 1 aliphatic heterocycles. The number of nitro groups is 1. The Hall–Kier alpha value is -6.54. The van der Waals surface area contributed by atoms with Gasteiger partial charge in [-0.3, -0.25) is 15.0 Å². The lowest BCUT2D eigenvalue weighted by Crippen LogP contribution is -2.70. The standard InChI is InChI=1S/C55H61N3O10/c1-5-29-65-55-51(57(54(61)64-4)34-41-16-12-15-39-13-6-7-17-45(39)41)33-49(56-66-35-38-20-22-42(23-21-38)58(62)63)47-31-40(14-8-10-27-59)46(18-9-11-28-60)52(53(47)55)48-32-44(25-26-50(48)68-55)67-43-24-19-36(2)37(3)30-43/h5-7,12-13,15-17,19-26,30-32,40,46,51-53,59-60H,1,8-11,14,18,27-29,33-35H2,2-4H3. The minimum atomic E-state index is -1.52. The summed E-state index contributed by atoms with van der Waals surface area (Å²) in [5.74, 6) is -0.436. The molecule has 5 aromatic carbocycles. The number of aliphatic hydroxyl groups is 2. The number of carbonyl (C=O) groups excluding carboxylic acids is 1. The van der Waals surface area contributed by atoms with Crippen LogP contribution in [0, 0.1) is 41.7 Å². The van der Waals surface area contributed by atoms with Crippen LogP contribution in [0.1, 0.15) is 78.7 Å². The summed E-state index contributed by atoms with van der Waals surface area (Å²) in [7, 11) is 1.37. The van der Waals surface area contributed by atoms with Gasteiger partial charge in [0.15, 0.2) is 0 Å². The van der Waals surface area contributed by atoms with Gasteiger partial charge in [0.1, 0.15) is 29.9 Å². The topological polar surface area (TPSA) is 162 Å². The second kappa shape index (κ2) is 21.6. The lowest BCUT2D eigenvalue weighted by Gasteiger charge is -2.59. The fourth-order valence-corrected chi connectivity index (χ4v) is 10.6. The van der Waals surface area contributed by atoms with E-state index in [0.717, 1.165) is 64.3 Å². The molecule has 0 radical (unpaired) electrons. The zero-order valence-electron chi connectivity index (χ0n) is 39.1. The molecule has 1 amide bonds. The molecule has 0 saturated heterocycles. The minimum Gasteiger partial charge on any atom is -0.459 e. The first-order valence-electron chi connectivity index (χ1n) is 23.6. The van der Waals surface area contributed by atoms with Gasteiger partial charge in [-0.05, 0) is 132 Å². The van der Waals surface area contributed by atoms with Crippen LogP contribution in [0.5, 0.6) is 17.2 Å². The monoisotopic (exact) mass is 923 g/mol. The predicted octanol–water partition coefficient (Wildman–Crippen LogP) is 11.3. The lowest BCUT2D eigenvalue weighted by molar-refractivity contribution is -0.384. The van der Waals surface area contributed by atoms with Crippen molar-refractivity contribution in [2.24, 2.45) is 22.9 Å². The molecule has 0 bridgehead atoms. The van der Waals surface area contributed by atoms with Crippen LogP contribution < -0.4 is 9.47 Å². The largest absolute Gasteiger partial charge is 0.459 e. The molecular formula is C55H61N3O10. The van der Waals surface area contributed by atoms with Crippen molar-refractivity contribution in [1.82, 2.24) is 4.90 Å². The number of nitrogens with zero attached hydrogens (tertiary/aromatic N) is 3. The third-order valence-corrected chi connectivity index (χ3v) is 13.9. The van der Waals surface area contributed by atoms with E-state index in [1.54, 1.807) is 23.1 Å². The fraction of sp³-hybridized carbons (Fsp3) is 0.382. The summed E-state index contributed by atoms with van der Waals surface area (Å²) in [5, 5.41) is 38.4. The van der Waals surface area contributed by atoms with Crippen molar-refractivity contribution in [2.45, 2.75) is 89.7 Å². The number of benzene rings is 5. The van der Waals surface area contributed by atoms with Crippen LogP contribution in [-0.4, -0.2) is 70.6 Å². The van der Waals surface area contributed by atoms with Crippen LogP contribution in [-0.2, 0) is 27.5 Å². The molecular weight excluding hydrogens is 863 g/mol. The van der Waals surface area contributed by atoms with Crippen LogP contribution in [0.25, 0.3) is 10.8 Å². The van der Waals surface area contributed by atoms with Gasteiger partial charge in [0.25, 0.3) is 5.69 Å². The molecule has 1 fully saturated rings. The van der Waals surface area contributed by atoms with Crippen molar-refractivity contribution < 1.29 is 43.7 Å². The van der Waals surface area contributed by atoms with Crippen molar-refractivity contribution in [2.75, 3.05) is 26.9 Å². The number of methoxy groups -OCH3 is 1. The van der Waals surface area contributed by atoms with E-state index >= 15 is 0 Å². The number of oxime groups is 1. The zero-order chi connectivity index (χ0) is 47.8. The SMILES string of the molecule is C=CCOC12Oc3ccc(Oc4ccc(C)c(C)c4)cc3C3C(CCCCO)C(CCCCO)C=C(C(=NOCc4ccc([N+](=O)[O-])cc4)CC1N(Cc1cccc4ccccc14)C(=O)OC)C32. The summed E-state index contributed by atoms with van der Waals surface area (Å²) in [5.41, 5.74) is 6.23. The molecule has 68 heavy (non-hydrogen) atoms.